The summed E-state index contributed by atoms with van der Waals surface area (Å²) < 4.78 is 14.0. The van der Waals surface area contributed by atoms with Crippen LogP contribution in [0.3, 0.4) is 0 Å². The molecule has 0 radical (unpaired) electrons. The summed E-state index contributed by atoms with van der Waals surface area (Å²) in [5.74, 6) is 0.237. The fourth-order valence-corrected chi connectivity index (χ4v) is 2.81. The number of carbonyl (C=O) groups is 1. The molecule has 0 saturated heterocycles. The van der Waals surface area contributed by atoms with Gasteiger partial charge in [0.25, 0.3) is 5.91 Å². The van der Waals surface area contributed by atoms with Crippen molar-refractivity contribution in [3.05, 3.63) is 70.0 Å². The number of nitrogens with zero attached hydrogens (tertiary/aromatic N) is 3. The third kappa shape index (κ3) is 6.34. The number of carbonyl (C=O) groups excluding carboxylic acids is 1. The van der Waals surface area contributed by atoms with E-state index in [-0.39, 0.29) is 35.7 Å². The third-order valence-corrected chi connectivity index (χ3v) is 4.44. The van der Waals surface area contributed by atoms with Crippen molar-refractivity contribution in [2.45, 2.75) is 13.1 Å². The quantitative estimate of drug-likeness (QED) is 0.370. The molecule has 0 unspecified atom stereocenters. The van der Waals surface area contributed by atoms with E-state index in [0.29, 0.717) is 35.2 Å². The second-order valence-corrected chi connectivity index (χ2v) is 6.76. The summed E-state index contributed by atoms with van der Waals surface area (Å²) in [6, 6.07) is 12.0. The smallest absolute Gasteiger partial charge is 0.253 e. The lowest BCUT2D eigenvalue weighted by atomic mass is 10.1. The molecule has 0 aliphatic heterocycles. The summed E-state index contributed by atoms with van der Waals surface area (Å²) in [6.45, 7) is 0.819. The van der Waals surface area contributed by atoms with Crippen molar-refractivity contribution < 1.29 is 9.18 Å². The van der Waals surface area contributed by atoms with Gasteiger partial charge in [-0.2, -0.15) is 0 Å². The zero-order chi connectivity index (χ0) is 20.0. The lowest BCUT2D eigenvalue weighted by Crippen LogP contribution is -2.38. The lowest BCUT2D eigenvalue weighted by Gasteiger charge is -2.23. The van der Waals surface area contributed by atoms with Gasteiger partial charge in [0.1, 0.15) is 5.82 Å². The zero-order valence-corrected chi connectivity index (χ0v) is 19.5. The summed E-state index contributed by atoms with van der Waals surface area (Å²) in [5.41, 5.74) is 2.07. The molecule has 2 aromatic carbocycles. The van der Waals surface area contributed by atoms with Crippen molar-refractivity contribution in [3.8, 4) is 0 Å². The topological polar surface area (TPSA) is 47.9 Å². The Balaban J connectivity index is 0.00000392. The number of halogens is 3. The highest BCUT2D eigenvalue weighted by atomic mass is 127. The predicted octanol–water partition coefficient (Wildman–Crippen LogP) is 4.01. The Bertz CT molecular complexity index is 807. The van der Waals surface area contributed by atoms with Gasteiger partial charge in [0.05, 0.1) is 0 Å². The number of guanidine groups is 1. The van der Waals surface area contributed by atoms with E-state index in [4.69, 9.17) is 11.6 Å². The van der Waals surface area contributed by atoms with Crippen LogP contribution in [0.25, 0.3) is 0 Å². The van der Waals surface area contributed by atoms with Gasteiger partial charge >= 0.3 is 0 Å². The van der Waals surface area contributed by atoms with Gasteiger partial charge in [-0.05, 0) is 29.8 Å². The van der Waals surface area contributed by atoms with Crippen molar-refractivity contribution in [2.75, 3.05) is 28.2 Å². The predicted molar refractivity (Wildman–Crippen MR) is 123 cm³/mol. The van der Waals surface area contributed by atoms with E-state index in [2.05, 4.69) is 10.3 Å². The first-order valence-electron chi connectivity index (χ1n) is 8.48. The summed E-state index contributed by atoms with van der Waals surface area (Å²) in [4.78, 5) is 19.5. The fourth-order valence-electron chi connectivity index (χ4n) is 2.58. The zero-order valence-electron chi connectivity index (χ0n) is 16.4. The highest BCUT2D eigenvalue weighted by Gasteiger charge is 2.13. The molecule has 0 atom stereocenters. The van der Waals surface area contributed by atoms with Crippen LogP contribution in [0.2, 0.25) is 5.02 Å². The van der Waals surface area contributed by atoms with Crippen LogP contribution in [0, 0.1) is 5.82 Å². The molecule has 5 nitrogen and oxygen atoms in total. The summed E-state index contributed by atoms with van der Waals surface area (Å²) in [6.07, 6.45) is 0. The molecule has 28 heavy (non-hydrogen) atoms. The van der Waals surface area contributed by atoms with Crippen LogP contribution in [0.4, 0.5) is 4.39 Å². The maximum absolute atomic E-state index is 14.0. The van der Waals surface area contributed by atoms with Gasteiger partial charge in [-0.3, -0.25) is 9.79 Å². The minimum atomic E-state index is -0.342. The minimum Gasteiger partial charge on any atom is -0.352 e. The Morgan fingerprint density at radius 3 is 2.32 bits per heavy atom. The van der Waals surface area contributed by atoms with Crippen LogP contribution >= 0.6 is 35.6 Å². The molecule has 0 saturated carbocycles. The van der Waals surface area contributed by atoms with Gasteiger partial charge in [-0.1, -0.05) is 29.8 Å². The Hall–Kier alpha value is -1.87. The van der Waals surface area contributed by atoms with Gasteiger partial charge in [0, 0.05) is 57.4 Å². The Kier molecular flexibility index (Phi) is 9.68. The maximum atomic E-state index is 14.0. The molecular formula is C20H25ClFIN4O. The van der Waals surface area contributed by atoms with Gasteiger partial charge in [0.2, 0.25) is 0 Å². The van der Waals surface area contributed by atoms with Crippen molar-refractivity contribution in [3.63, 3.8) is 0 Å². The van der Waals surface area contributed by atoms with E-state index in [9.17, 15) is 9.18 Å². The number of hydrogen-bond donors (Lipinski definition) is 1. The van der Waals surface area contributed by atoms with Crippen molar-refractivity contribution in [2.24, 2.45) is 4.99 Å². The number of rotatable bonds is 5. The lowest BCUT2D eigenvalue weighted by molar-refractivity contribution is 0.0827. The van der Waals surface area contributed by atoms with Crippen LogP contribution in [0.5, 0.6) is 0 Å². The SMILES string of the molecule is CN=C(NCc1ccc(C(=O)N(C)C)cc1)N(C)Cc1c(F)cccc1Cl.I. The second-order valence-electron chi connectivity index (χ2n) is 6.35. The first-order valence-corrected chi connectivity index (χ1v) is 8.86. The van der Waals surface area contributed by atoms with E-state index in [1.807, 2.05) is 19.2 Å². The van der Waals surface area contributed by atoms with Gasteiger partial charge in [0.15, 0.2) is 5.96 Å². The molecule has 0 aromatic heterocycles. The van der Waals surface area contributed by atoms with E-state index in [1.54, 1.807) is 50.3 Å². The number of benzene rings is 2. The van der Waals surface area contributed by atoms with Gasteiger partial charge in [-0.25, -0.2) is 4.39 Å². The summed E-state index contributed by atoms with van der Waals surface area (Å²) in [5, 5.41) is 3.62. The number of aliphatic imine (C=N–C) groups is 1. The molecular weight excluding hydrogens is 494 g/mol. The monoisotopic (exact) mass is 518 g/mol. The highest BCUT2D eigenvalue weighted by Crippen LogP contribution is 2.20. The second kappa shape index (κ2) is 11.2. The van der Waals surface area contributed by atoms with Crippen LogP contribution in [-0.4, -0.2) is 49.9 Å². The number of nitrogens with one attached hydrogen (secondary N) is 1. The normalized spacial score (nSPS) is 10.9. The van der Waals surface area contributed by atoms with Crippen molar-refractivity contribution in [1.29, 1.82) is 0 Å². The van der Waals surface area contributed by atoms with E-state index in [0.717, 1.165) is 5.56 Å². The van der Waals surface area contributed by atoms with E-state index in [1.165, 1.54) is 11.0 Å². The van der Waals surface area contributed by atoms with E-state index >= 15 is 0 Å². The minimum absolute atomic E-state index is 0. The Morgan fingerprint density at radius 2 is 1.79 bits per heavy atom. The van der Waals surface area contributed by atoms with Crippen LogP contribution in [-0.2, 0) is 13.1 Å². The molecule has 1 N–H and O–H groups in total. The molecule has 0 fully saturated rings. The van der Waals surface area contributed by atoms with Gasteiger partial charge < -0.3 is 15.1 Å². The summed E-state index contributed by atoms with van der Waals surface area (Å²) in [7, 11) is 6.93. The number of amides is 1. The average molecular weight is 519 g/mol. The third-order valence-electron chi connectivity index (χ3n) is 4.09. The molecule has 2 rings (SSSR count). The molecule has 0 spiro atoms. The molecule has 0 bridgehead atoms. The van der Waals surface area contributed by atoms with Crippen molar-refractivity contribution >= 4 is 47.4 Å². The molecule has 0 aliphatic rings. The van der Waals surface area contributed by atoms with E-state index < -0.39 is 0 Å². The fraction of sp³-hybridized carbons (Fsp3) is 0.300. The largest absolute Gasteiger partial charge is 0.352 e. The highest BCUT2D eigenvalue weighted by molar-refractivity contribution is 14.0. The molecule has 1 amide bonds. The molecule has 2 aromatic rings. The first kappa shape index (κ1) is 24.2. The molecule has 0 heterocycles. The van der Waals surface area contributed by atoms with Crippen LogP contribution in [0.1, 0.15) is 21.5 Å². The van der Waals surface area contributed by atoms with Crippen LogP contribution < -0.4 is 5.32 Å². The molecule has 0 aliphatic carbocycles. The average Bonchev–Trinajstić information content (AvgIpc) is 2.65. The molecule has 152 valence electrons. The first-order chi connectivity index (χ1) is 12.8. The van der Waals surface area contributed by atoms with Crippen LogP contribution in [0.15, 0.2) is 47.5 Å². The Labute approximate surface area is 187 Å². The van der Waals surface area contributed by atoms with Gasteiger partial charge in [-0.15, -0.1) is 24.0 Å². The van der Waals surface area contributed by atoms with Crippen molar-refractivity contribution in [1.82, 2.24) is 15.1 Å². The number of hydrogen-bond acceptors (Lipinski definition) is 2. The maximum Gasteiger partial charge on any atom is 0.253 e. The standard InChI is InChI=1S/C20H24ClFN4O.HI/c1-23-20(26(4)13-16-17(21)6-5-7-18(16)22)24-12-14-8-10-15(11-9-14)19(27)25(2)3;/h5-11H,12-13H2,1-4H3,(H,23,24);1H. The Morgan fingerprint density at radius 1 is 1.14 bits per heavy atom. The summed E-state index contributed by atoms with van der Waals surface area (Å²) >= 11 is 6.10. The molecule has 8 heteroatoms.